The number of hydrogen-bond acceptors (Lipinski definition) is 2. The van der Waals surface area contributed by atoms with Crippen molar-refractivity contribution in [3.8, 4) is 5.75 Å². The van der Waals surface area contributed by atoms with E-state index in [2.05, 4.69) is 41.2 Å². The molecule has 5 heteroatoms. The summed E-state index contributed by atoms with van der Waals surface area (Å²) in [7, 11) is 1.87. The molecule has 0 bridgehead atoms. The molecule has 0 amide bonds. The highest BCUT2D eigenvalue weighted by Crippen LogP contribution is 2.28. The van der Waals surface area contributed by atoms with Crippen LogP contribution < -0.4 is 10.1 Å². The highest BCUT2D eigenvalue weighted by Gasteiger charge is 2.30. The zero-order valence-electron chi connectivity index (χ0n) is 15.6. The maximum absolute atomic E-state index is 5.67. The summed E-state index contributed by atoms with van der Waals surface area (Å²) in [5.74, 6) is 1.96. The molecule has 1 aromatic rings. The van der Waals surface area contributed by atoms with Crippen LogP contribution in [0.5, 0.6) is 5.75 Å². The molecule has 0 radical (unpaired) electrons. The van der Waals surface area contributed by atoms with Crippen molar-refractivity contribution in [1.29, 1.82) is 0 Å². The van der Waals surface area contributed by atoms with Crippen LogP contribution >= 0.6 is 24.0 Å². The molecule has 1 aliphatic rings. The first-order valence-electron chi connectivity index (χ1n) is 8.61. The average Bonchev–Trinajstić information content (AvgIpc) is 2.85. The average molecular weight is 445 g/mol. The van der Waals surface area contributed by atoms with E-state index >= 15 is 0 Å². The summed E-state index contributed by atoms with van der Waals surface area (Å²) in [5, 5.41) is 3.49. The second kappa shape index (κ2) is 9.49. The zero-order chi connectivity index (χ0) is 16.9. The van der Waals surface area contributed by atoms with Crippen molar-refractivity contribution in [3.63, 3.8) is 0 Å². The molecule has 1 aliphatic heterocycles. The van der Waals surface area contributed by atoms with E-state index in [1.807, 2.05) is 33.0 Å². The fraction of sp³-hybridized carbons (Fsp3) is 0.632. The van der Waals surface area contributed by atoms with Gasteiger partial charge in [-0.1, -0.05) is 26.0 Å². The predicted octanol–water partition coefficient (Wildman–Crippen LogP) is 3.94. The van der Waals surface area contributed by atoms with E-state index in [0.717, 1.165) is 37.8 Å². The van der Waals surface area contributed by atoms with E-state index < -0.39 is 0 Å². The molecule has 1 N–H and O–H groups in total. The van der Waals surface area contributed by atoms with Crippen molar-refractivity contribution in [3.05, 3.63) is 29.8 Å². The van der Waals surface area contributed by atoms with Crippen molar-refractivity contribution < 1.29 is 4.74 Å². The van der Waals surface area contributed by atoms with Gasteiger partial charge < -0.3 is 15.0 Å². The summed E-state index contributed by atoms with van der Waals surface area (Å²) in [6.07, 6.45) is 2.43. The van der Waals surface area contributed by atoms with Crippen molar-refractivity contribution in [2.45, 2.75) is 46.6 Å². The Morgan fingerprint density at radius 3 is 2.46 bits per heavy atom. The Hall–Kier alpha value is -0.980. The number of hydrogen-bond donors (Lipinski definition) is 1. The van der Waals surface area contributed by atoms with Gasteiger partial charge in [-0.25, -0.2) is 0 Å². The summed E-state index contributed by atoms with van der Waals surface area (Å²) < 4.78 is 5.67. The van der Waals surface area contributed by atoms with Gasteiger partial charge in [-0.15, -0.1) is 24.0 Å². The number of ether oxygens (including phenoxy) is 1. The van der Waals surface area contributed by atoms with Gasteiger partial charge in [0.25, 0.3) is 0 Å². The van der Waals surface area contributed by atoms with Crippen LogP contribution in [0.3, 0.4) is 0 Å². The monoisotopic (exact) mass is 445 g/mol. The summed E-state index contributed by atoms with van der Waals surface area (Å²) in [6, 6.07) is 8.38. The highest BCUT2D eigenvalue weighted by atomic mass is 127. The van der Waals surface area contributed by atoms with Crippen LogP contribution in [0.25, 0.3) is 0 Å². The van der Waals surface area contributed by atoms with Crippen molar-refractivity contribution in [1.82, 2.24) is 10.2 Å². The molecule has 136 valence electrons. The Labute approximate surface area is 164 Å². The van der Waals surface area contributed by atoms with E-state index in [1.165, 1.54) is 12.0 Å². The van der Waals surface area contributed by atoms with Crippen molar-refractivity contribution in [2.75, 3.05) is 26.7 Å². The van der Waals surface area contributed by atoms with Gasteiger partial charge in [0, 0.05) is 26.7 Å². The quantitative estimate of drug-likeness (QED) is 0.424. The second-order valence-corrected chi connectivity index (χ2v) is 7.37. The van der Waals surface area contributed by atoms with Crippen LogP contribution in [-0.2, 0) is 6.42 Å². The fourth-order valence-electron chi connectivity index (χ4n) is 2.95. The third-order valence-electron chi connectivity index (χ3n) is 4.18. The van der Waals surface area contributed by atoms with Crippen LogP contribution in [0.1, 0.15) is 39.7 Å². The van der Waals surface area contributed by atoms with E-state index in [-0.39, 0.29) is 30.1 Å². The van der Waals surface area contributed by atoms with Gasteiger partial charge in [0.05, 0.1) is 6.10 Å². The number of benzene rings is 1. The first-order chi connectivity index (χ1) is 10.9. The van der Waals surface area contributed by atoms with Crippen LogP contribution in [0, 0.1) is 5.41 Å². The number of rotatable bonds is 5. The molecule has 24 heavy (non-hydrogen) atoms. The Bertz CT molecular complexity index is 526. The fourth-order valence-corrected chi connectivity index (χ4v) is 2.95. The molecular formula is C19H32IN3O. The van der Waals surface area contributed by atoms with Crippen molar-refractivity contribution in [2.24, 2.45) is 10.4 Å². The van der Waals surface area contributed by atoms with Gasteiger partial charge in [-0.05, 0) is 49.8 Å². The van der Waals surface area contributed by atoms with E-state index in [0.29, 0.717) is 5.41 Å². The summed E-state index contributed by atoms with van der Waals surface area (Å²) >= 11 is 0. The molecule has 4 nitrogen and oxygen atoms in total. The second-order valence-electron chi connectivity index (χ2n) is 7.37. The van der Waals surface area contributed by atoms with Gasteiger partial charge in [0.2, 0.25) is 0 Å². The molecule has 1 fully saturated rings. The van der Waals surface area contributed by atoms with E-state index in [1.54, 1.807) is 0 Å². The van der Waals surface area contributed by atoms with Gasteiger partial charge >= 0.3 is 0 Å². The maximum Gasteiger partial charge on any atom is 0.193 e. The number of likely N-dealkylation sites (tertiary alicyclic amines) is 1. The Morgan fingerprint density at radius 2 is 1.96 bits per heavy atom. The Balaban J connectivity index is 0.00000288. The third kappa shape index (κ3) is 6.49. The van der Waals surface area contributed by atoms with Crippen molar-refractivity contribution >= 4 is 29.9 Å². The first-order valence-corrected chi connectivity index (χ1v) is 8.61. The minimum absolute atomic E-state index is 0. The standard InChI is InChI=1S/C19H31N3O.HI/c1-15(2)23-17-8-6-16(7-9-17)10-12-21-18(20-5)22-13-11-19(3,4)14-22;/h6-9,15H,10-14H2,1-5H3,(H,20,21);1H. The normalized spacial score (nSPS) is 16.9. The van der Waals surface area contributed by atoms with Gasteiger partial charge in [-0.2, -0.15) is 0 Å². The molecular weight excluding hydrogens is 413 g/mol. The molecule has 1 saturated heterocycles. The van der Waals surface area contributed by atoms with Gasteiger partial charge in [-0.3, -0.25) is 4.99 Å². The number of halogens is 1. The van der Waals surface area contributed by atoms with Crippen LogP contribution in [0.15, 0.2) is 29.3 Å². The lowest BCUT2D eigenvalue weighted by molar-refractivity contribution is 0.242. The Morgan fingerprint density at radius 1 is 1.29 bits per heavy atom. The zero-order valence-corrected chi connectivity index (χ0v) is 18.0. The predicted molar refractivity (Wildman–Crippen MR) is 113 cm³/mol. The topological polar surface area (TPSA) is 36.9 Å². The van der Waals surface area contributed by atoms with Crippen LogP contribution in [-0.4, -0.2) is 43.6 Å². The molecule has 0 atom stereocenters. The summed E-state index contributed by atoms with van der Waals surface area (Å²) in [4.78, 5) is 6.79. The molecule has 0 saturated carbocycles. The Kier molecular flexibility index (Phi) is 8.33. The summed E-state index contributed by atoms with van der Waals surface area (Å²) in [5.41, 5.74) is 1.70. The lowest BCUT2D eigenvalue weighted by atomic mass is 9.93. The number of aliphatic imine (C=N–C) groups is 1. The largest absolute Gasteiger partial charge is 0.491 e. The molecule has 0 aromatic heterocycles. The highest BCUT2D eigenvalue weighted by molar-refractivity contribution is 14.0. The molecule has 0 unspecified atom stereocenters. The number of nitrogens with one attached hydrogen (secondary N) is 1. The molecule has 0 aliphatic carbocycles. The van der Waals surface area contributed by atoms with Crippen LogP contribution in [0.2, 0.25) is 0 Å². The molecule has 1 heterocycles. The van der Waals surface area contributed by atoms with Gasteiger partial charge in [0.1, 0.15) is 5.75 Å². The molecule has 1 aromatic carbocycles. The van der Waals surface area contributed by atoms with E-state index in [9.17, 15) is 0 Å². The first kappa shape index (κ1) is 21.1. The third-order valence-corrected chi connectivity index (χ3v) is 4.18. The molecule has 0 spiro atoms. The maximum atomic E-state index is 5.67. The number of guanidine groups is 1. The summed E-state index contributed by atoms with van der Waals surface area (Å²) in [6.45, 7) is 11.8. The number of nitrogens with zero attached hydrogens (tertiary/aromatic N) is 2. The van der Waals surface area contributed by atoms with Crippen LogP contribution in [0.4, 0.5) is 0 Å². The molecule has 2 rings (SSSR count). The lowest BCUT2D eigenvalue weighted by Crippen LogP contribution is -2.41. The van der Waals surface area contributed by atoms with E-state index in [4.69, 9.17) is 4.74 Å². The lowest BCUT2D eigenvalue weighted by Gasteiger charge is -2.23. The minimum Gasteiger partial charge on any atom is -0.491 e. The SMILES string of the molecule is CN=C(NCCc1ccc(OC(C)C)cc1)N1CCC(C)(C)C1.I. The van der Waals surface area contributed by atoms with Gasteiger partial charge in [0.15, 0.2) is 5.96 Å². The smallest absolute Gasteiger partial charge is 0.193 e. The minimum atomic E-state index is 0.